The highest BCUT2D eigenvalue weighted by Gasteiger charge is 2.33. The fourth-order valence-electron chi connectivity index (χ4n) is 2.29. The SMILES string of the molecule is CC1Oc2ccc(N)nc2N(Cc2c(F)cccc2Cl)C1=O. The van der Waals surface area contributed by atoms with Gasteiger partial charge in [-0.05, 0) is 31.2 Å². The minimum absolute atomic E-state index is 0.0402. The lowest BCUT2D eigenvalue weighted by atomic mass is 10.1. The molecule has 1 aromatic heterocycles. The number of rotatable bonds is 2. The van der Waals surface area contributed by atoms with E-state index in [1.54, 1.807) is 25.1 Å². The molecule has 7 heteroatoms. The number of amides is 1. The van der Waals surface area contributed by atoms with E-state index in [1.165, 1.54) is 17.0 Å². The number of nitrogens with zero attached hydrogens (tertiary/aromatic N) is 2. The van der Waals surface area contributed by atoms with E-state index in [1.807, 2.05) is 0 Å². The van der Waals surface area contributed by atoms with Crippen molar-refractivity contribution < 1.29 is 13.9 Å². The van der Waals surface area contributed by atoms with Gasteiger partial charge in [-0.15, -0.1) is 0 Å². The highest BCUT2D eigenvalue weighted by molar-refractivity contribution is 6.31. The van der Waals surface area contributed by atoms with Crippen molar-refractivity contribution in [2.75, 3.05) is 10.6 Å². The van der Waals surface area contributed by atoms with Gasteiger partial charge in [-0.2, -0.15) is 0 Å². The van der Waals surface area contributed by atoms with Crippen molar-refractivity contribution in [1.29, 1.82) is 0 Å². The zero-order chi connectivity index (χ0) is 15.9. The first-order valence-corrected chi connectivity index (χ1v) is 7.02. The number of nitrogen functional groups attached to an aromatic ring is 1. The van der Waals surface area contributed by atoms with Crippen LogP contribution in [0.5, 0.6) is 5.75 Å². The van der Waals surface area contributed by atoms with E-state index in [9.17, 15) is 9.18 Å². The molecule has 2 heterocycles. The van der Waals surface area contributed by atoms with Crippen molar-refractivity contribution in [2.24, 2.45) is 0 Å². The first-order valence-electron chi connectivity index (χ1n) is 6.65. The lowest BCUT2D eigenvalue weighted by Crippen LogP contribution is -2.44. The molecule has 2 aromatic rings. The topological polar surface area (TPSA) is 68.5 Å². The molecule has 0 bridgehead atoms. The molecular weight excluding hydrogens is 309 g/mol. The van der Waals surface area contributed by atoms with Crippen molar-refractivity contribution in [3.63, 3.8) is 0 Å². The Bertz CT molecular complexity index is 733. The number of pyridine rings is 1. The second-order valence-electron chi connectivity index (χ2n) is 4.94. The Morgan fingerprint density at radius 2 is 2.18 bits per heavy atom. The number of halogens is 2. The van der Waals surface area contributed by atoms with E-state index in [4.69, 9.17) is 22.1 Å². The van der Waals surface area contributed by atoms with Crippen LogP contribution in [-0.4, -0.2) is 17.0 Å². The number of carbonyl (C=O) groups excluding carboxylic acids is 1. The summed E-state index contributed by atoms with van der Waals surface area (Å²) in [4.78, 5) is 17.8. The highest BCUT2D eigenvalue weighted by atomic mass is 35.5. The van der Waals surface area contributed by atoms with Gasteiger partial charge in [-0.3, -0.25) is 9.69 Å². The second kappa shape index (κ2) is 5.46. The second-order valence-corrected chi connectivity index (χ2v) is 5.35. The zero-order valence-corrected chi connectivity index (χ0v) is 12.5. The Hall–Kier alpha value is -2.34. The van der Waals surface area contributed by atoms with Crippen LogP contribution in [0.3, 0.4) is 0 Å². The summed E-state index contributed by atoms with van der Waals surface area (Å²) >= 11 is 6.04. The number of hydrogen-bond donors (Lipinski definition) is 1. The van der Waals surface area contributed by atoms with E-state index < -0.39 is 11.9 Å². The largest absolute Gasteiger partial charge is 0.477 e. The standard InChI is InChI=1S/C15H13ClFN3O2/c1-8-15(21)20(7-9-10(16)3-2-4-11(9)17)14-12(22-8)5-6-13(18)19-14/h2-6,8H,7H2,1H3,(H2,18,19). The number of fused-ring (bicyclic) bond motifs is 1. The van der Waals surface area contributed by atoms with Gasteiger partial charge in [0.25, 0.3) is 5.91 Å². The smallest absolute Gasteiger partial charge is 0.269 e. The summed E-state index contributed by atoms with van der Waals surface area (Å²) in [6, 6.07) is 7.59. The molecule has 0 spiro atoms. The third-order valence-corrected chi connectivity index (χ3v) is 3.77. The number of ether oxygens (including phenoxy) is 1. The summed E-state index contributed by atoms with van der Waals surface area (Å²) in [6.07, 6.45) is -0.691. The first kappa shape index (κ1) is 14.6. The summed E-state index contributed by atoms with van der Waals surface area (Å²) in [5, 5.41) is 0.248. The number of carbonyl (C=O) groups is 1. The molecule has 0 saturated carbocycles. The van der Waals surface area contributed by atoms with E-state index in [0.29, 0.717) is 5.75 Å². The highest BCUT2D eigenvalue weighted by Crippen LogP contribution is 2.35. The number of benzene rings is 1. The van der Waals surface area contributed by atoms with E-state index in [2.05, 4.69) is 4.98 Å². The Balaban J connectivity index is 2.06. The van der Waals surface area contributed by atoms with Gasteiger partial charge < -0.3 is 10.5 Å². The van der Waals surface area contributed by atoms with Gasteiger partial charge in [0.15, 0.2) is 17.7 Å². The monoisotopic (exact) mass is 321 g/mol. The Kier molecular flexibility index (Phi) is 3.62. The van der Waals surface area contributed by atoms with Crippen LogP contribution >= 0.6 is 11.6 Å². The lowest BCUT2D eigenvalue weighted by molar-refractivity contribution is -0.125. The van der Waals surface area contributed by atoms with Crippen molar-refractivity contribution in [2.45, 2.75) is 19.6 Å². The average molecular weight is 322 g/mol. The Morgan fingerprint density at radius 3 is 2.91 bits per heavy atom. The number of anilines is 2. The molecule has 1 aliphatic heterocycles. The fourth-order valence-corrected chi connectivity index (χ4v) is 2.52. The van der Waals surface area contributed by atoms with Crippen molar-refractivity contribution in [1.82, 2.24) is 4.98 Å². The minimum Gasteiger partial charge on any atom is -0.477 e. The molecule has 3 rings (SSSR count). The van der Waals surface area contributed by atoms with Crippen molar-refractivity contribution >= 4 is 29.1 Å². The summed E-state index contributed by atoms with van der Waals surface area (Å²) < 4.78 is 19.5. The van der Waals surface area contributed by atoms with Gasteiger partial charge in [-0.25, -0.2) is 9.37 Å². The van der Waals surface area contributed by atoms with Crippen LogP contribution in [0.1, 0.15) is 12.5 Å². The molecule has 0 aliphatic carbocycles. The molecule has 0 fully saturated rings. The van der Waals surface area contributed by atoms with Gasteiger partial charge in [0.1, 0.15) is 11.6 Å². The maximum absolute atomic E-state index is 14.0. The van der Waals surface area contributed by atoms with Crippen LogP contribution in [0.25, 0.3) is 0 Å². The van der Waals surface area contributed by atoms with Crippen LogP contribution < -0.4 is 15.4 Å². The maximum atomic E-state index is 14.0. The average Bonchev–Trinajstić information content (AvgIpc) is 2.47. The maximum Gasteiger partial charge on any atom is 0.269 e. The van der Waals surface area contributed by atoms with E-state index >= 15 is 0 Å². The van der Waals surface area contributed by atoms with Crippen LogP contribution in [-0.2, 0) is 11.3 Å². The van der Waals surface area contributed by atoms with Crippen LogP contribution in [0.2, 0.25) is 5.02 Å². The summed E-state index contributed by atoms with van der Waals surface area (Å²) in [5.41, 5.74) is 5.90. The van der Waals surface area contributed by atoms with Crippen LogP contribution in [0.15, 0.2) is 30.3 Å². The van der Waals surface area contributed by atoms with Gasteiger partial charge in [0.2, 0.25) is 0 Å². The molecule has 0 radical (unpaired) electrons. The molecule has 1 aliphatic rings. The molecular formula is C15H13ClFN3O2. The third-order valence-electron chi connectivity index (χ3n) is 3.41. The summed E-state index contributed by atoms with van der Waals surface area (Å²) in [5.74, 6) is 0.125. The summed E-state index contributed by atoms with van der Waals surface area (Å²) in [6.45, 7) is 1.58. The number of hydrogen-bond acceptors (Lipinski definition) is 4. The van der Waals surface area contributed by atoms with Gasteiger partial charge in [-0.1, -0.05) is 17.7 Å². The number of nitrogens with two attached hydrogens (primary N) is 1. The quantitative estimate of drug-likeness (QED) is 0.923. The normalized spacial score (nSPS) is 17.1. The fraction of sp³-hybridized carbons (Fsp3) is 0.200. The van der Waals surface area contributed by atoms with E-state index in [-0.39, 0.29) is 34.7 Å². The predicted octanol–water partition coefficient (Wildman–Crippen LogP) is 2.77. The van der Waals surface area contributed by atoms with Crippen molar-refractivity contribution in [3.05, 3.63) is 46.7 Å². The van der Waals surface area contributed by atoms with Gasteiger partial charge >= 0.3 is 0 Å². The van der Waals surface area contributed by atoms with E-state index in [0.717, 1.165) is 0 Å². The van der Waals surface area contributed by atoms with Gasteiger partial charge in [0, 0.05) is 10.6 Å². The Labute approximate surface area is 131 Å². The molecule has 22 heavy (non-hydrogen) atoms. The number of aromatic nitrogens is 1. The zero-order valence-electron chi connectivity index (χ0n) is 11.7. The molecule has 1 atom stereocenters. The molecule has 1 aromatic carbocycles. The predicted molar refractivity (Wildman–Crippen MR) is 81.3 cm³/mol. The van der Waals surface area contributed by atoms with Gasteiger partial charge in [0.05, 0.1) is 6.54 Å². The first-order chi connectivity index (χ1) is 10.5. The molecule has 1 amide bonds. The van der Waals surface area contributed by atoms with Crippen LogP contribution in [0, 0.1) is 5.82 Å². The molecule has 2 N–H and O–H groups in total. The summed E-state index contributed by atoms with van der Waals surface area (Å²) in [7, 11) is 0. The molecule has 114 valence electrons. The van der Waals surface area contributed by atoms with Crippen LogP contribution in [0.4, 0.5) is 16.0 Å². The Morgan fingerprint density at radius 1 is 1.41 bits per heavy atom. The third kappa shape index (κ3) is 2.46. The molecule has 1 unspecified atom stereocenters. The molecule has 0 saturated heterocycles. The molecule has 5 nitrogen and oxygen atoms in total. The van der Waals surface area contributed by atoms with Crippen molar-refractivity contribution in [3.8, 4) is 5.75 Å². The minimum atomic E-state index is -0.691. The lowest BCUT2D eigenvalue weighted by Gasteiger charge is -2.32.